The molecule has 8 heteroatoms. The molecular weight excluding hydrogens is 493 g/mol. The van der Waals surface area contributed by atoms with Gasteiger partial charge >= 0.3 is 0 Å². The van der Waals surface area contributed by atoms with Crippen molar-refractivity contribution in [3.63, 3.8) is 0 Å². The maximum Gasteiger partial charge on any atom is 0.268 e. The van der Waals surface area contributed by atoms with Crippen LogP contribution in [0.25, 0.3) is 17.4 Å². The number of amides is 1. The van der Waals surface area contributed by atoms with E-state index in [1.54, 1.807) is 30.5 Å². The molecule has 0 radical (unpaired) electrons. The summed E-state index contributed by atoms with van der Waals surface area (Å²) in [6.07, 6.45) is 3.76. The Hall–Kier alpha value is -3.54. The minimum Gasteiger partial charge on any atom is -0.457 e. The van der Waals surface area contributed by atoms with Crippen LogP contribution < -0.4 is 5.32 Å². The molecule has 32 heavy (non-hydrogen) atoms. The number of rotatable bonds is 6. The Kier molecular flexibility index (Phi) is 6.59. The second-order valence-electron chi connectivity index (χ2n) is 6.77. The molecule has 5 nitrogen and oxygen atoms in total. The van der Waals surface area contributed by atoms with E-state index in [4.69, 9.17) is 4.42 Å². The largest absolute Gasteiger partial charge is 0.457 e. The summed E-state index contributed by atoms with van der Waals surface area (Å²) in [6.45, 7) is 0. The summed E-state index contributed by atoms with van der Waals surface area (Å²) < 4.78 is 19.8. The van der Waals surface area contributed by atoms with Gasteiger partial charge in [0.05, 0.1) is 0 Å². The van der Waals surface area contributed by atoms with E-state index in [1.807, 2.05) is 30.3 Å². The molecule has 0 aliphatic carbocycles. The fourth-order valence-electron chi connectivity index (χ4n) is 2.91. The highest BCUT2D eigenvalue weighted by atomic mass is 79.9. The van der Waals surface area contributed by atoms with E-state index in [-0.39, 0.29) is 11.4 Å². The summed E-state index contributed by atoms with van der Waals surface area (Å²) in [5, 5.41) is 12.5. The number of furan rings is 1. The molecule has 1 amide bonds. The minimum atomic E-state index is -0.572. The fourth-order valence-corrected chi connectivity index (χ4v) is 4.01. The van der Waals surface area contributed by atoms with Crippen LogP contribution >= 0.6 is 27.3 Å². The number of hydrogen-bond donors (Lipinski definition) is 1. The van der Waals surface area contributed by atoms with E-state index in [0.29, 0.717) is 28.6 Å². The van der Waals surface area contributed by atoms with Gasteiger partial charge in [0.15, 0.2) is 5.13 Å². The Bertz CT molecular complexity index is 1320. The van der Waals surface area contributed by atoms with Crippen molar-refractivity contribution in [1.29, 1.82) is 5.26 Å². The normalized spacial score (nSPS) is 11.2. The molecule has 0 aliphatic rings. The Balaban J connectivity index is 1.44. The highest BCUT2D eigenvalue weighted by molar-refractivity contribution is 9.10. The Morgan fingerprint density at radius 1 is 1.16 bits per heavy atom. The summed E-state index contributed by atoms with van der Waals surface area (Å²) in [7, 11) is 0. The van der Waals surface area contributed by atoms with Gasteiger partial charge < -0.3 is 4.42 Å². The number of nitriles is 1. The number of thiazole rings is 1. The van der Waals surface area contributed by atoms with Crippen LogP contribution in [0, 0.1) is 17.1 Å². The first-order valence-corrected chi connectivity index (χ1v) is 11.1. The van der Waals surface area contributed by atoms with Gasteiger partial charge in [0.2, 0.25) is 0 Å². The molecule has 0 fully saturated rings. The summed E-state index contributed by atoms with van der Waals surface area (Å²) >= 11 is 4.76. The lowest BCUT2D eigenvalue weighted by Crippen LogP contribution is -2.13. The van der Waals surface area contributed by atoms with E-state index < -0.39 is 5.91 Å². The van der Waals surface area contributed by atoms with E-state index in [9.17, 15) is 14.4 Å². The molecule has 2 aromatic carbocycles. The number of nitrogens with one attached hydrogen (secondary N) is 1. The van der Waals surface area contributed by atoms with Gasteiger partial charge in [-0.05, 0) is 54.1 Å². The zero-order valence-corrected chi connectivity index (χ0v) is 18.9. The van der Waals surface area contributed by atoms with Gasteiger partial charge in [0, 0.05) is 33.6 Å². The van der Waals surface area contributed by atoms with E-state index in [0.717, 1.165) is 14.9 Å². The molecule has 4 aromatic rings. The van der Waals surface area contributed by atoms with Gasteiger partial charge in [0.1, 0.15) is 29.0 Å². The van der Waals surface area contributed by atoms with Crippen molar-refractivity contribution in [1.82, 2.24) is 4.98 Å². The lowest BCUT2D eigenvalue weighted by molar-refractivity contribution is -0.112. The molecular formula is C24H15BrFN3O2S. The van der Waals surface area contributed by atoms with Crippen LogP contribution in [0.15, 0.2) is 81.3 Å². The van der Waals surface area contributed by atoms with E-state index >= 15 is 0 Å². The summed E-state index contributed by atoms with van der Waals surface area (Å²) in [5.41, 5.74) is 1.70. The fraction of sp³-hybridized carbons (Fsp3) is 0.0417. The van der Waals surface area contributed by atoms with Crippen molar-refractivity contribution in [3.05, 3.63) is 98.9 Å². The van der Waals surface area contributed by atoms with Crippen LogP contribution in [0.2, 0.25) is 0 Å². The molecule has 0 aliphatic heterocycles. The number of hydrogen-bond acceptors (Lipinski definition) is 5. The van der Waals surface area contributed by atoms with E-state index in [1.165, 1.54) is 29.5 Å². The molecule has 2 heterocycles. The van der Waals surface area contributed by atoms with Crippen LogP contribution in [0.3, 0.4) is 0 Å². The van der Waals surface area contributed by atoms with Crippen molar-refractivity contribution in [3.8, 4) is 17.4 Å². The number of nitrogens with zero attached hydrogens (tertiary/aromatic N) is 2. The van der Waals surface area contributed by atoms with Crippen molar-refractivity contribution in [2.75, 3.05) is 5.32 Å². The zero-order chi connectivity index (χ0) is 22.5. The van der Waals surface area contributed by atoms with Crippen molar-refractivity contribution in [2.24, 2.45) is 0 Å². The Morgan fingerprint density at radius 2 is 1.91 bits per heavy atom. The van der Waals surface area contributed by atoms with Crippen molar-refractivity contribution < 1.29 is 13.6 Å². The van der Waals surface area contributed by atoms with E-state index in [2.05, 4.69) is 26.2 Å². The number of halogens is 2. The first kappa shape index (κ1) is 21.7. The van der Waals surface area contributed by atoms with Crippen LogP contribution in [0.5, 0.6) is 0 Å². The van der Waals surface area contributed by atoms with Crippen LogP contribution in [0.1, 0.15) is 16.2 Å². The molecule has 1 N–H and O–H groups in total. The van der Waals surface area contributed by atoms with Gasteiger partial charge in [-0.1, -0.05) is 28.1 Å². The molecule has 0 atom stereocenters. The predicted octanol–water partition coefficient (Wildman–Crippen LogP) is 6.44. The second-order valence-corrected chi connectivity index (χ2v) is 8.80. The molecule has 0 saturated carbocycles. The van der Waals surface area contributed by atoms with Crippen LogP contribution in [0.4, 0.5) is 9.52 Å². The van der Waals surface area contributed by atoms with Gasteiger partial charge in [-0.2, -0.15) is 5.26 Å². The molecule has 158 valence electrons. The number of anilines is 1. The molecule has 0 unspecified atom stereocenters. The maximum atomic E-state index is 13.1. The highest BCUT2D eigenvalue weighted by Crippen LogP contribution is 2.25. The van der Waals surface area contributed by atoms with Gasteiger partial charge in [-0.15, -0.1) is 11.3 Å². The summed E-state index contributed by atoms with van der Waals surface area (Å²) in [6, 6.07) is 19.1. The van der Waals surface area contributed by atoms with Gasteiger partial charge in [0.25, 0.3) is 5.91 Å². The van der Waals surface area contributed by atoms with Gasteiger partial charge in [-0.3, -0.25) is 10.1 Å². The lowest BCUT2D eigenvalue weighted by atomic mass is 10.1. The third-order valence-electron chi connectivity index (χ3n) is 4.47. The highest BCUT2D eigenvalue weighted by Gasteiger charge is 2.14. The summed E-state index contributed by atoms with van der Waals surface area (Å²) in [5.74, 6) is -0.0691. The molecule has 0 spiro atoms. The number of carbonyl (C=O) groups excluding carboxylic acids is 1. The Labute approximate surface area is 196 Å². The van der Waals surface area contributed by atoms with Crippen LogP contribution in [-0.2, 0) is 11.2 Å². The van der Waals surface area contributed by atoms with Crippen molar-refractivity contribution >= 4 is 44.4 Å². The minimum absolute atomic E-state index is 0.116. The quantitative estimate of drug-likeness (QED) is 0.240. The number of aromatic nitrogens is 1. The average Bonchev–Trinajstić information content (AvgIpc) is 3.43. The smallest absolute Gasteiger partial charge is 0.268 e. The third kappa shape index (κ3) is 5.38. The average molecular weight is 508 g/mol. The predicted molar refractivity (Wildman–Crippen MR) is 125 cm³/mol. The molecule has 0 bridgehead atoms. The number of benzene rings is 2. The molecule has 4 rings (SSSR count). The zero-order valence-electron chi connectivity index (χ0n) is 16.5. The lowest BCUT2D eigenvalue weighted by Gasteiger charge is -2.00. The second kappa shape index (κ2) is 9.73. The SMILES string of the molecule is N#CC(=Cc1ccc(-c2ccc(F)cc2)o1)C(=O)Nc1ncc(Cc2ccc(Br)cc2)s1. The third-order valence-corrected chi connectivity index (χ3v) is 5.91. The summed E-state index contributed by atoms with van der Waals surface area (Å²) in [4.78, 5) is 17.8. The number of carbonyl (C=O) groups is 1. The topological polar surface area (TPSA) is 78.9 Å². The van der Waals surface area contributed by atoms with Crippen molar-refractivity contribution in [2.45, 2.75) is 6.42 Å². The first-order valence-electron chi connectivity index (χ1n) is 9.48. The maximum absolute atomic E-state index is 13.1. The molecule has 2 aromatic heterocycles. The standard InChI is InChI=1S/C24H15BrFN3O2S/c25-18-5-1-15(2-6-18)11-21-14-28-24(32-21)29-23(30)17(13-27)12-20-9-10-22(31-20)16-3-7-19(26)8-4-16/h1-10,12,14H,11H2,(H,28,29,30). The first-order chi connectivity index (χ1) is 15.5. The molecule has 0 saturated heterocycles. The Morgan fingerprint density at radius 3 is 2.62 bits per heavy atom. The van der Waals surface area contributed by atoms with Crippen LogP contribution in [-0.4, -0.2) is 10.9 Å². The van der Waals surface area contributed by atoms with Gasteiger partial charge in [-0.25, -0.2) is 9.37 Å². The monoisotopic (exact) mass is 507 g/mol.